The average molecular weight is 481 g/mol. The van der Waals surface area contributed by atoms with E-state index in [1.807, 2.05) is 11.1 Å². The summed E-state index contributed by atoms with van der Waals surface area (Å²) in [6, 6.07) is 7.66. The lowest BCUT2D eigenvalue weighted by Crippen LogP contribution is -2.35. The normalized spacial score (nSPS) is 13.4. The van der Waals surface area contributed by atoms with Crippen LogP contribution in [0.15, 0.2) is 48.9 Å². The zero-order valence-electron chi connectivity index (χ0n) is 18.6. The van der Waals surface area contributed by atoms with Gasteiger partial charge in [0.15, 0.2) is 5.69 Å². The number of amides is 1. The summed E-state index contributed by atoms with van der Waals surface area (Å²) in [6.45, 7) is 2.78. The fraction of sp³-hybridized carbons (Fsp3) is 0.269. The molecule has 0 bridgehead atoms. The van der Waals surface area contributed by atoms with Gasteiger partial charge in [-0.15, -0.1) is 0 Å². The molecule has 174 valence electrons. The third-order valence-corrected chi connectivity index (χ3v) is 6.54. The quantitative estimate of drug-likeness (QED) is 0.355. The van der Waals surface area contributed by atoms with Crippen molar-refractivity contribution in [2.24, 2.45) is 5.92 Å². The number of aryl methyl sites for hydroxylation is 1. The summed E-state index contributed by atoms with van der Waals surface area (Å²) in [7, 11) is 0. The van der Waals surface area contributed by atoms with Gasteiger partial charge in [0.25, 0.3) is 5.91 Å². The van der Waals surface area contributed by atoms with Crippen molar-refractivity contribution < 1.29 is 13.6 Å². The molecule has 5 rings (SSSR count). The van der Waals surface area contributed by atoms with Crippen LogP contribution in [0.25, 0.3) is 22.2 Å². The molecule has 1 aliphatic rings. The van der Waals surface area contributed by atoms with E-state index < -0.39 is 5.82 Å². The molecular formula is C26H23ClF2N4O. The molecule has 0 radical (unpaired) electrons. The molecule has 1 aliphatic carbocycles. The number of fused-ring (bicyclic) bond motifs is 1. The Morgan fingerprint density at radius 1 is 1.15 bits per heavy atom. The first-order chi connectivity index (χ1) is 16.4. The molecule has 5 nitrogen and oxygen atoms in total. The summed E-state index contributed by atoms with van der Waals surface area (Å²) >= 11 is 5.99. The number of aromatic amines is 1. The maximum absolute atomic E-state index is 13.8. The van der Waals surface area contributed by atoms with E-state index in [0.717, 1.165) is 23.8 Å². The van der Waals surface area contributed by atoms with E-state index in [2.05, 4.69) is 15.0 Å². The first-order valence-electron chi connectivity index (χ1n) is 11.2. The van der Waals surface area contributed by atoms with Gasteiger partial charge in [-0.05, 0) is 73.6 Å². The van der Waals surface area contributed by atoms with Gasteiger partial charge >= 0.3 is 0 Å². The van der Waals surface area contributed by atoms with Gasteiger partial charge in [0.1, 0.15) is 17.3 Å². The topological polar surface area (TPSA) is 61.9 Å². The van der Waals surface area contributed by atoms with Gasteiger partial charge in [0, 0.05) is 48.1 Å². The van der Waals surface area contributed by atoms with Crippen molar-refractivity contribution in [3.05, 3.63) is 82.4 Å². The van der Waals surface area contributed by atoms with Crippen molar-refractivity contribution in [3.8, 4) is 11.3 Å². The first kappa shape index (κ1) is 22.5. The number of aromatic nitrogens is 3. The molecule has 8 heteroatoms. The highest BCUT2D eigenvalue weighted by Crippen LogP contribution is 2.32. The van der Waals surface area contributed by atoms with Crippen LogP contribution in [0, 0.1) is 24.5 Å². The fourth-order valence-electron chi connectivity index (χ4n) is 4.17. The van der Waals surface area contributed by atoms with Crippen molar-refractivity contribution in [2.45, 2.75) is 26.2 Å². The van der Waals surface area contributed by atoms with E-state index in [1.54, 1.807) is 25.1 Å². The zero-order valence-corrected chi connectivity index (χ0v) is 19.4. The fourth-order valence-corrected chi connectivity index (χ4v) is 4.34. The highest BCUT2D eigenvalue weighted by molar-refractivity contribution is 6.31. The molecule has 0 unspecified atom stereocenters. The second kappa shape index (κ2) is 9.14. The molecule has 2 aromatic heterocycles. The van der Waals surface area contributed by atoms with Gasteiger partial charge in [0.2, 0.25) is 0 Å². The smallest absolute Gasteiger partial charge is 0.274 e. The Morgan fingerprint density at radius 2 is 1.94 bits per heavy atom. The maximum Gasteiger partial charge on any atom is 0.274 e. The molecule has 34 heavy (non-hydrogen) atoms. The number of H-pyrrole nitrogens is 1. The molecule has 0 aliphatic heterocycles. The first-order valence-corrected chi connectivity index (χ1v) is 11.6. The number of hydrogen-bond acceptors (Lipinski definition) is 3. The van der Waals surface area contributed by atoms with Crippen LogP contribution in [0.3, 0.4) is 0 Å². The average Bonchev–Trinajstić information content (AvgIpc) is 3.58. The van der Waals surface area contributed by atoms with Crippen molar-refractivity contribution in [1.82, 2.24) is 19.9 Å². The van der Waals surface area contributed by atoms with Crippen LogP contribution in [0.1, 0.15) is 34.5 Å². The monoisotopic (exact) mass is 480 g/mol. The molecule has 2 heterocycles. The molecular weight excluding hydrogens is 458 g/mol. The lowest BCUT2D eigenvalue weighted by Gasteiger charge is -2.23. The van der Waals surface area contributed by atoms with Crippen molar-refractivity contribution in [1.29, 1.82) is 0 Å². The van der Waals surface area contributed by atoms with Gasteiger partial charge in [-0.2, -0.15) is 0 Å². The molecule has 2 aromatic carbocycles. The molecule has 1 saturated carbocycles. The van der Waals surface area contributed by atoms with E-state index in [1.165, 1.54) is 24.5 Å². The molecule has 0 atom stereocenters. The standard InChI is InChI=1S/C26H23ClF2N4O/c1-15-10-17(4-5-21(15)28)24-25(31-8-7-30-24)26(34)33(14-16-2-3-16)9-6-18-13-32-23-12-22(29)20(27)11-19(18)23/h4-5,7-8,10-13,16,32H,2-3,6,9,14H2,1H3. The number of carbonyl (C=O) groups excluding carboxylic acids is 1. The lowest BCUT2D eigenvalue weighted by molar-refractivity contribution is 0.0744. The Bertz CT molecular complexity index is 1380. The van der Waals surface area contributed by atoms with Crippen LogP contribution in [-0.2, 0) is 6.42 Å². The van der Waals surface area contributed by atoms with E-state index >= 15 is 0 Å². The Morgan fingerprint density at radius 3 is 2.71 bits per heavy atom. The lowest BCUT2D eigenvalue weighted by atomic mass is 10.1. The van der Waals surface area contributed by atoms with E-state index in [9.17, 15) is 13.6 Å². The van der Waals surface area contributed by atoms with Crippen molar-refractivity contribution in [3.63, 3.8) is 0 Å². The van der Waals surface area contributed by atoms with Gasteiger partial charge in [-0.3, -0.25) is 9.78 Å². The summed E-state index contributed by atoms with van der Waals surface area (Å²) in [4.78, 5) is 27.3. The zero-order chi connectivity index (χ0) is 23.8. The number of nitrogens with one attached hydrogen (secondary N) is 1. The summed E-state index contributed by atoms with van der Waals surface area (Å²) in [5, 5.41) is 0.908. The second-order valence-electron chi connectivity index (χ2n) is 8.79. The molecule has 1 N–H and O–H groups in total. The van der Waals surface area contributed by atoms with E-state index in [-0.39, 0.29) is 22.4 Å². The van der Waals surface area contributed by atoms with Gasteiger partial charge in [-0.25, -0.2) is 13.8 Å². The summed E-state index contributed by atoms with van der Waals surface area (Å²) in [5.41, 5.74) is 3.43. The Labute approximate surface area is 200 Å². The van der Waals surface area contributed by atoms with Crippen LogP contribution in [-0.4, -0.2) is 38.8 Å². The van der Waals surface area contributed by atoms with Crippen molar-refractivity contribution in [2.75, 3.05) is 13.1 Å². The largest absolute Gasteiger partial charge is 0.361 e. The van der Waals surface area contributed by atoms with Crippen LogP contribution in [0.5, 0.6) is 0 Å². The maximum atomic E-state index is 13.8. The highest BCUT2D eigenvalue weighted by Gasteiger charge is 2.29. The molecule has 0 spiro atoms. The van der Waals surface area contributed by atoms with Crippen LogP contribution in [0.2, 0.25) is 5.02 Å². The second-order valence-corrected chi connectivity index (χ2v) is 9.20. The summed E-state index contributed by atoms with van der Waals surface area (Å²) in [5.74, 6) is -0.515. The number of hydrogen-bond donors (Lipinski definition) is 1. The summed E-state index contributed by atoms with van der Waals surface area (Å²) in [6.07, 6.45) is 7.62. The Balaban J connectivity index is 1.43. The van der Waals surface area contributed by atoms with Crippen LogP contribution < -0.4 is 0 Å². The minimum atomic E-state index is -0.473. The van der Waals surface area contributed by atoms with E-state index in [4.69, 9.17) is 11.6 Å². The minimum absolute atomic E-state index is 0.0676. The van der Waals surface area contributed by atoms with Crippen LogP contribution >= 0.6 is 11.6 Å². The molecule has 4 aromatic rings. The summed E-state index contributed by atoms with van der Waals surface area (Å²) < 4.78 is 27.6. The number of rotatable bonds is 7. The van der Waals surface area contributed by atoms with Gasteiger partial charge in [-0.1, -0.05) is 11.6 Å². The molecule has 0 saturated heterocycles. The SMILES string of the molecule is Cc1cc(-c2nccnc2C(=O)N(CCc2c[nH]c3cc(F)c(Cl)cc23)CC2CC2)ccc1F. The molecule has 1 fully saturated rings. The Hall–Kier alpha value is -3.32. The third kappa shape index (κ3) is 4.53. The minimum Gasteiger partial charge on any atom is -0.361 e. The van der Waals surface area contributed by atoms with Gasteiger partial charge in [0.05, 0.1) is 5.02 Å². The molecule has 1 amide bonds. The number of carbonyl (C=O) groups is 1. The number of benzene rings is 2. The predicted octanol–water partition coefficient (Wildman–Crippen LogP) is 5.96. The van der Waals surface area contributed by atoms with E-state index in [0.29, 0.717) is 47.8 Å². The number of halogens is 3. The number of nitrogens with zero attached hydrogens (tertiary/aromatic N) is 3. The van der Waals surface area contributed by atoms with Crippen LogP contribution in [0.4, 0.5) is 8.78 Å². The Kier molecular flexibility index (Phi) is 6.04. The third-order valence-electron chi connectivity index (χ3n) is 6.25. The predicted molar refractivity (Wildman–Crippen MR) is 128 cm³/mol. The van der Waals surface area contributed by atoms with Crippen molar-refractivity contribution >= 4 is 28.4 Å². The van der Waals surface area contributed by atoms with Gasteiger partial charge < -0.3 is 9.88 Å². The highest BCUT2D eigenvalue weighted by atomic mass is 35.5.